The molecule has 0 aliphatic heterocycles. The second-order valence-corrected chi connectivity index (χ2v) is 5.51. The third-order valence-electron chi connectivity index (χ3n) is 3.50. The van der Waals surface area contributed by atoms with E-state index in [-0.39, 0.29) is 11.6 Å². The van der Waals surface area contributed by atoms with Crippen molar-refractivity contribution in [2.45, 2.75) is 6.92 Å². The Hall–Kier alpha value is -3.55. The Morgan fingerprint density at radius 1 is 0.923 bits per heavy atom. The first-order valence-electron chi connectivity index (χ1n) is 7.62. The summed E-state index contributed by atoms with van der Waals surface area (Å²) in [5.41, 5.74) is 1.95. The zero-order valence-corrected chi connectivity index (χ0v) is 13.6. The van der Waals surface area contributed by atoms with E-state index in [9.17, 15) is 18.4 Å². The predicted octanol–water partition coefficient (Wildman–Crippen LogP) is 3.57. The predicted molar refractivity (Wildman–Crippen MR) is 92.6 cm³/mol. The lowest BCUT2D eigenvalue weighted by Gasteiger charge is -2.05. The Morgan fingerprint density at radius 3 is 2.19 bits per heavy atom. The molecule has 0 spiro atoms. The highest BCUT2D eigenvalue weighted by atomic mass is 19.2. The number of anilines is 2. The van der Waals surface area contributed by atoms with Gasteiger partial charge in [-0.05, 0) is 48.5 Å². The molecule has 2 amide bonds. The second-order valence-electron chi connectivity index (χ2n) is 5.51. The van der Waals surface area contributed by atoms with E-state index < -0.39 is 17.5 Å². The number of hydrogen-bond donors (Lipinski definition) is 3. The van der Waals surface area contributed by atoms with Crippen molar-refractivity contribution in [1.29, 1.82) is 0 Å². The highest BCUT2D eigenvalue weighted by Gasteiger charge is 2.13. The zero-order valence-electron chi connectivity index (χ0n) is 13.6. The summed E-state index contributed by atoms with van der Waals surface area (Å²) in [5.74, 6) is -2.58. The minimum Gasteiger partial charge on any atom is -0.326 e. The zero-order chi connectivity index (χ0) is 18.7. The van der Waals surface area contributed by atoms with Gasteiger partial charge in [0, 0.05) is 23.9 Å². The summed E-state index contributed by atoms with van der Waals surface area (Å²) >= 11 is 0. The van der Waals surface area contributed by atoms with Gasteiger partial charge in [0.2, 0.25) is 5.91 Å². The molecule has 3 rings (SSSR count). The van der Waals surface area contributed by atoms with E-state index in [4.69, 9.17) is 0 Å². The Bertz CT molecular complexity index is 968. The number of nitrogens with one attached hydrogen (secondary N) is 3. The van der Waals surface area contributed by atoms with Crippen LogP contribution in [-0.4, -0.2) is 22.0 Å². The lowest BCUT2D eigenvalue weighted by Crippen LogP contribution is -2.12. The van der Waals surface area contributed by atoms with Gasteiger partial charge in [-0.25, -0.2) is 8.78 Å². The number of carbonyl (C=O) groups excluding carboxylic acids is 2. The SMILES string of the molecule is CC(=O)Nc1ccc(NC(=O)c2cc(-c3ccc(F)c(F)c3)n[nH]2)cc1. The Balaban J connectivity index is 1.71. The number of benzene rings is 2. The minimum absolute atomic E-state index is 0.163. The molecule has 0 aliphatic carbocycles. The molecule has 3 aromatic rings. The van der Waals surface area contributed by atoms with Crippen molar-refractivity contribution in [2.75, 3.05) is 10.6 Å². The van der Waals surface area contributed by atoms with Crippen LogP contribution in [0.25, 0.3) is 11.3 Å². The monoisotopic (exact) mass is 356 g/mol. The maximum absolute atomic E-state index is 13.3. The average molecular weight is 356 g/mol. The fourth-order valence-electron chi connectivity index (χ4n) is 2.28. The molecule has 8 heteroatoms. The first-order valence-corrected chi connectivity index (χ1v) is 7.62. The van der Waals surface area contributed by atoms with Gasteiger partial charge in [-0.15, -0.1) is 0 Å². The molecule has 1 aromatic heterocycles. The highest BCUT2D eigenvalue weighted by molar-refractivity contribution is 6.03. The van der Waals surface area contributed by atoms with Gasteiger partial charge in [0.1, 0.15) is 5.69 Å². The Kier molecular flexibility index (Phi) is 4.74. The average Bonchev–Trinajstić information content (AvgIpc) is 3.09. The largest absolute Gasteiger partial charge is 0.326 e. The fraction of sp³-hybridized carbons (Fsp3) is 0.0556. The molecule has 26 heavy (non-hydrogen) atoms. The second kappa shape index (κ2) is 7.14. The topological polar surface area (TPSA) is 86.9 Å². The molecule has 0 aliphatic rings. The molecule has 0 fully saturated rings. The van der Waals surface area contributed by atoms with E-state index in [1.54, 1.807) is 24.3 Å². The van der Waals surface area contributed by atoms with Gasteiger partial charge in [-0.1, -0.05) is 0 Å². The number of amides is 2. The van der Waals surface area contributed by atoms with Crippen molar-refractivity contribution in [3.8, 4) is 11.3 Å². The van der Waals surface area contributed by atoms with Gasteiger partial charge in [-0.2, -0.15) is 5.10 Å². The van der Waals surface area contributed by atoms with Crippen LogP contribution in [0.15, 0.2) is 48.5 Å². The molecule has 0 saturated carbocycles. The van der Waals surface area contributed by atoms with Crippen molar-refractivity contribution in [3.05, 3.63) is 65.9 Å². The molecule has 0 bridgehead atoms. The Labute approximate surface area is 147 Å². The van der Waals surface area contributed by atoms with Crippen LogP contribution >= 0.6 is 0 Å². The van der Waals surface area contributed by atoms with Gasteiger partial charge in [-0.3, -0.25) is 14.7 Å². The van der Waals surface area contributed by atoms with E-state index in [1.807, 2.05) is 0 Å². The van der Waals surface area contributed by atoms with Crippen LogP contribution in [0.2, 0.25) is 0 Å². The number of nitrogens with zero attached hydrogens (tertiary/aromatic N) is 1. The molecule has 6 nitrogen and oxygen atoms in total. The number of H-pyrrole nitrogens is 1. The van der Waals surface area contributed by atoms with Crippen LogP contribution in [-0.2, 0) is 4.79 Å². The van der Waals surface area contributed by atoms with E-state index in [2.05, 4.69) is 20.8 Å². The maximum atomic E-state index is 13.3. The number of halogens is 2. The van der Waals surface area contributed by atoms with Crippen molar-refractivity contribution >= 4 is 23.2 Å². The molecule has 0 atom stereocenters. The standard InChI is InChI=1S/C18H14F2N4O2/c1-10(25)21-12-3-5-13(6-4-12)22-18(26)17-9-16(23-24-17)11-2-7-14(19)15(20)8-11/h2-9H,1H3,(H,21,25)(H,22,26)(H,23,24). The molecular weight excluding hydrogens is 342 g/mol. The molecule has 132 valence electrons. The van der Waals surface area contributed by atoms with Crippen LogP contribution in [0.3, 0.4) is 0 Å². The first-order chi connectivity index (χ1) is 12.4. The summed E-state index contributed by atoms with van der Waals surface area (Å²) in [7, 11) is 0. The van der Waals surface area contributed by atoms with Crippen molar-refractivity contribution < 1.29 is 18.4 Å². The van der Waals surface area contributed by atoms with Crippen LogP contribution in [0.5, 0.6) is 0 Å². The number of hydrogen-bond acceptors (Lipinski definition) is 3. The quantitative estimate of drug-likeness (QED) is 0.668. The first kappa shape index (κ1) is 17.3. The van der Waals surface area contributed by atoms with Crippen LogP contribution < -0.4 is 10.6 Å². The molecule has 0 radical (unpaired) electrons. The number of aromatic nitrogens is 2. The van der Waals surface area contributed by atoms with Gasteiger partial charge in [0.15, 0.2) is 11.6 Å². The number of rotatable bonds is 4. The summed E-state index contributed by atoms with van der Waals surface area (Å²) in [6.45, 7) is 1.40. The molecule has 2 aromatic carbocycles. The summed E-state index contributed by atoms with van der Waals surface area (Å²) in [6, 6.07) is 11.4. The number of carbonyl (C=O) groups is 2. The van der Waals surface area contributed by atoms with Gasteiger partial charge in [0.05, 0.1) is 5.69 Å². The molecule has 3 N–H and O–H groups in total. The third kappa shape index (κ3) is 3.92. The third-order valence-corrected chi connectivity index (χ3v) is 3.50. The summed E-state index contributed by atoms with van der Waals surface area (Å²) in [4.78, 5) is 23.2. The molecule has 0 saturated heterocycles. The van der Waals surface area contributed by atoms with E-state index in [0.29, 0.717) is 22.6 Å². The fourth-order valence-corrected chi connectivity index (χ4v) is 2.28. The summed E-state index contributed by atoms with van der Waals surface area (Å²) in [5, 5.41) is 11.8. The van der Waals surface area contributed by atoms with Crippen molar-refractivity contribution in [3.63, 3.8) is 0 Å². The van der Waals surface area contributed by atoms with Crippen LogP contribution in [0, 0.1) is 11.6 Å². The van der Waals surface area contributed by atoms with Crippen molar-refractivity contribution in [1.82, 2.24) is 10.2 Å². The Morgan fingerprint density at radius 2 is 1.58 bits per heavy atom. The number of aromatic amines is 1. The summed E-state index contributed by atoms with van der Waals surface area (Å²) in [6.07, 6.45) is 0. The molecule has 0 unspecified atom stereocenters. The van der Waals surface area contributed by atoms with Gasteiger partial charge >= 0.3 is 0 Å². The molecule has 1 heterocycles. The van der Waals surface area contributed by atoms with Gasteiger partial charge in [0.25, 0.3) is 5.91 Å². The minimum atomic E-state index is -0.990. The van der Waals surface area contributed by atoms with E-state index in [1.165, 1.54) is 19.1 Å². The molecular formula is C18H14F2N4O2. The normalized spacial score (nSPS) is 10.4. The lowest BCUT2D eigenvalue weighted by molar-refractivity contribution is -0.114. The van der Waals surface area contributed by atoms with Crippen LogP contribution in [0.4, 0.5) is 20.2 Å². The summed E-state index contributed by atoms with van der Waals surface area (Å²) < 4.78 is 26.3. The van der Waals surface area contributed by atoms with Crippen molar-refractivity contribution in [2.24, 2.45) is 0 Å². The van der Waals surface area contributed by atoms with Crippen LogP contribution in [0.1, 0.15) is 17.4 Å². The van der Waals surface area contributed by atoms with Gasteiger partial charge < -0.3 is 10.6 Å². The van der Waals surface area contributed by atoms with E-state index in [0.717, 1.165) is 12.1 Å². The smallest absolute Gasteiger partial charge is 0.273 e. The lowest BCUT2D eigenvalue weighted by atomic mass is 10.1. The van der Waals surface area contributed by atoms with E-state index >= 15 is 0 Å². The highest BCUT2D eigenvalue weighted by Crippen LogP contribution is 2.21. The maximum Gasteiger partial charge on any atom is 0.273 e.